The fourth-order valence-electron chi connectivity index (χ4n) is 3.58. The van der Waals surface area contributed by atoms with Gasteiger partial charge in [0, 0.05) is 12.2 Å². The first-order valence-electron chi connectivity index (χ1n) is 12.3. The van der Waals surface area contributed by atoms with E-state index in [0.29, 0.717) is 36.6 Å². The van der Waals surface area contributed by atoms with E-state index in [0.717, 1.165) is 22.4 Å². The molecule has 3 N–H and O–H groups in total. The quantitative estimate of drug-likeness (QED) is 0.205. The lowest BCUT2D eigenvalue weighted by Gasteiger charge is -2.14. The minimum Gasteiger partial charge on any atom is -0.490 e. The number of aryl methyl sites for hydroxylation is 2. The van der Waals surface area contributed by atoms with Crippen LogP contribution in [0.5, 0.6) is 11.5 Å². The number of carbonyl (C=O) groups is 3. The third-order valence-corrected chi connectivity index (χ3v) is 5.50. The summed E-state index contributed by atoms with van der Waals surface area (Å²) in [5, 5.41) is 9.30. The second-order valence-corrected chi connectivity index (χ2v) is 8.43. The number of hydrogen-bond donors (Lipinski definition) is 3. The predicted molar refractivity (Wildman–Crippen MR) is 147 cm³/mol. The molecule has 3 aromatic rings. The van der Waals surface area contributed by atoms with Crippen molar-refractivity contribution in [3.05, 3.63) is 89.0 Å². The average molecular weight is 517 g/mol. The molecule has 0 aromatic heterocycles. The highest BCUT2D eigenvalue weighted by Crippen LogP contribution is 2.28. The van der Waals surface area contributed by atoms with E-state index in [2.05, 4.69) is 21.2 Å². The molecule has 0 atom stereocenters. The Balaban J connectivity index is 1.51. The molecule has 3 rings (SSSR count). The third-order valence-electron chi connectivity index (χ3n) is 5.50. The molecular weight excluding hydrogens is 484 g/mol. The second-order valence-electron chi connectivity index (χ2n) is 8.43. The van der Waals surface area contributed by atoms with Gasteiger partial charge in [-0.15, -0.1) is 0 Å². The van der Waals surface area contributed by atoms with Gasteiger partial charge in [-0.3, -0.25) is 14.4 Å². The zero-order valence-corrected chi connectivity index (χ0v) is 21.7. The minimum atomic E-state index is -0.866. The van der Waals surface area contributed by atoms with Crippen molar-refractivity contribution in [2.24, 2.45) is 5.10 Å². The van der Waals surface area contributed by atoms with Gasteiger partial charge in [-0.05, 0) is 67.6 Å². The Kier molecular flexibility index (Phi) is 10.4. The Bertz CT molecular complexity index is 1270. The van der Waals surface area contributed by atoms with Gasteiger partial charge in [0.1, 0.15) is 0 Å². The van der Waals surface area contributed by atoms with Crippen molar-refractivity contribution in [1.82, 2.24) is 10.7 Å². The zero-order chi connectivity index (χ0) is 27.3. The number of nitrogens with one attached hydrogen (secondary N) is 3. The van der Waals surface area contributed by atoms with Crippen LogP contribution in [0.15, 0.2) is 71.8 Å². The molecule has 9 nitrogen and oxygen atoms in total. The maximum Gasteiger partial charge on any atom is 0.329 e. The number of hydrazone groups is 1. The molecule has 0 aliphatic carbocycles. The van der Waals surface area contributed by atoms with E-state index >= 15 is 0 Å². The summed E-state index contributed by atoms with van der Waals surface area (Å²) in [7, 11) is 0. The standard InChI is InChI=1S/C29H32N4O5/c1-4-37-25-17-23(18-31-33-29(36)28(35)30-16-15-22-11-6-5-7-12-22)13-14-24(25)38-19-26(34)32-27-20(2)9-8-10-21(27)3/h5-14,17-18H,4,15-16,19H2,1-3H3,(H,30,35)(H,32,34)(H,33,36). The molecule has 0 heterocycles. The number of hydrogen-bond acceptors (Lipinski definition) is 6. The van der Waals surface area contributed by atoms with Crippen LogP contribution < -0.4 is 25.5 Å². The summed E-state index contributed by atoms with van der Waals surface area (Å²) in [5.74, 6) is -1.12. The van der Waals surface area contributed by atoms with Crippen molar-refractivity contribution in [2.45, 2.75) is 27.2 Å². The Morgan fingerprint density at radius 1 is 0.868 bits per heavy atom. The van der Waals surface area contributed by atoms with E-state index < -0.39 is 11.8 Å². The Labute approximate surface area is 222 Å². The van der Waals surface area contributed by atoms with Crippen molar-refractivity contribution in [3.8, 4) is 11.5 Å². The van der Waals surface area contributed by atoms with E-state index in [1.54, 1.807) is 18.2 Å². The largest absolute Gasteiger partial charge is 0.490 e. The molecule has 0 fully saturated rings. The summed E-state index contributed by atoms with van der Waals surface area (Å²) < 4.78 is 11.3. The van der Waals surface area contributed by atoms with Crippen LogP contribution in [0.3, 0.4) is 0 Å². The molecule has 3 aromatic carbocycles. The molecule has 9 heteroatoms. The minimum absolute atomic E-state index is 0.198. The van der Waals surface area contributed by atoms with Gasteiger partial charge in [0.2, 0.25) is 0 Å². The molecule has 0 unspecified atom stereocenters. The molecule has 198 valence electrons. The van der Waals surface area contributed by atoms with E-state index in [1.165, 1.54) is 6.21 Å². The third kappa shape index (κ3) is 8.48. The van der Waals surface area contributed by atoms with Crippen molar-refractivity contribution >= 4 is 29.6 Å². The number of rotatable bonds is 11. The maximum absolute atomic E-state index is 12.5. The van der Waals surface area contributed by atoms with Gasteiger partial charge in [-0.25, -0.2) is 5.43 Å². The zero-order valence-electron chi connectivity index (χ0n) is 21.7. The fourth-order valence-corrected chi connectivity index (χ4v) is 3.58. The second kappa shape index (κ2) is 14.2. The maximum atomic E-state index is 12.5. The Hall–Kier alpha value is -4.66. The first-order valence-corrected chi connectivity index (χ1v) is 12.3. The van der Waals surface area contributed by atoms with E-state index in [1.807, 2.05) is 69.3 Å². The molecule has 0 aliphatic heterocycles. The van der Waals surface area contributed by atoms with Gasteiger partial charge in [0.15, 0.2) is 18.1 Å². The van der Waals surface area contributed by atoms with Gasteiger partial charge >= 0.3 is 11.8 Å². The van der Waals surface area contributed by atoms with Crippen LogP contribution in [0, 0.1) is 13.8 Å². The smallest absolute Gasteiger partial charge is 0.329 e. The van der Waals surface area contributed by atoms with Crippen molar-refractivity contribution < 1.29 is 23.9 Å². The molecular formula is C29H32N4O5. The highest BCUT2D eigenvalue weighted by Gasteiger charge is 2.13. The van der Waals surface area contributed by atoms with Gasteiger partial charge < -0.3 is 20.1 Å². The summed E-state index contributed by atoms with van der Waals surface area (Å²) in [6, 6.07) is 20.4. The number of anilines is 1. The molecule has 0 saturated carbocycles. The Morgan fingerprint density at radius 3 is 2.32 bits per heavy atom. The van der Waals surface area contributed by atoms with Crippen LogP contribution in [-0.4, -0.2) is 43.7 Å². The normalized spacial score (nSPS) is 10.6. The average Bonchev–Trinajstić information content (AvgIpc) is 2.91. The van der Waals surface area contributed by atoms with Crippen molar-refractivity contribution in [2.75, 3.05) is 25.1 Å². The first kappa shape index (κ1) is 27.9. The summed E-state index contributed by atoms with van der Waals surface area (Å²) in [6.45, 7) is 6.20. The highest BCUT2D eigenvalue weighted by molar-refractivity contribution is 6.35. The lowest BCUT2D eigenvalue weighted by Crippen LogP contribution is -2.38. The summed E-state index contributed by atoms with van der Waals surface area (Å²) in [6.07, 6.45) is 2.00. The summed E-state index contributed by atoms with van der Waals surface area (Å²) in [5.41, 5.74) is 6.58. The molecule has 38 heavy (non-hydrogen) atoms. The van der Waals surface area contributed by atoms with Crippen LogP contribution in [-0.2, 0) is 20.8 Å². The fraction of sp³-hybridized carbons (Fsp3) is 0.241. The van der Waals surface area contributed by atoms with Crippen molar-refractivity contribution in [3.63, 3.8) is 0 Å². The number of para-hydroxylation sites is 1. The monoisotopic (exact) mass is 516 g/mol. The van der Waals surface area contributed by atoms with Crippen LogP contribution in [0.2, 0.25) is 0 Å². The van der Waals surface area contributed by atoms with Gasteiger partial charge in [-0.1, -0.05) is 48.5 Å². The summed E-state index contributed by atoms with van der Waals surface area (Å²) >= 11 is 0. The van der Waals surface area contributed by atoms with Crippen LogP contribution in [0.4, 0.5) is 5.69 Å². The predicted octanol–water partition coefficient (Wildman–Crippen LogP) is 3.53. The lowest BCUT2D eigenvalue weighted by molar-refractivity contribution is -0.139. The lowest BCUT2D eigenvalue weighted by atomic mass is 10.1. The number of ether oxygens (including phenoxy) is 2. The first-order chi connectivity index (χ1) is 18.4. The van der Waals surface area contributed by atoms with Gasteiger partial charge in [0.05, 0.1) is 12.8 Å². The van der Waals surface area contributed by atoms with Crippen LogP contribution in [0.1, 0.15) is 29.2 Å². The molecule has 3 amide bonds. The number of nitrogens with zero attached hydrogens (tertiary/aromatic N) is 1. The molecule has 0 aliphatic rings. The molecule has 0 spiro atoms. The van der Waals surface area contributed by atoms with Gasteiger partial charge in [-0.2, -0.15) is 5.10 Å². The number of amides is 3. The highest BCUT2D eigenvalue weighted by atomic mass is 16.5. The Morgan fingerprint density at radius 2 is 1.61 bits per heavy atom. The summed E-state index contributed by atoms with van der Waals surface area (Å²) in [4.78, 5) is 36.4. The molecule has 0 saturated heterocycles. The van der Waals surface area contributed by atoms with Gasteiger partial charge in [0.25, 0.3) is 5.91 Å². The van der Waals surface area contributed by atoms with Crippen LogP contribution in [0.25, 0.3) is 0 Å². The molecule has 0 radical (unpaired) electrons. The molecule has 0 bridgehead atoms. The number of carbonyl (C=O) groups excluding carboxylic acids is 3. The number of benzene rings is 3. The SMILES string of the molecule is CCOc1cc(C=NNC(=O)C(=O)NCCc2ccccc2)ccc1OCC(=O)Nc1c(C)cccc1C. The van der Waals surface area contributed by atoms with Crippen molar-refractivity contribution in [1.29, 1.82) is 0 Å². The topological polar surface area (TPSA) is 118 Å². The van der Waals surface area contributed by atoms with E-state index in [9.17, 15) is 14.4 Å². The van der Waals surface area contributed by atoms with Crippen LogP contribution >= 0.6 is 0 Å². The van der Waals surface area contributed by atoms with E-state index in [-0.39, 0.29) is 12.5 Å². The van der Waals surface area contributed by atoms with E-state index in [4.69, 9.17) is 9.47 Å².